The zero-order valence-corrected chi connectivity index (χ0v) is 14.0. The first kappa shape index (κ1) is 17.6. The van der Waals surface area contributed by atoms with E-state index in [2.05, 4.69) is 10.5 Å². The Morgan fingerprint density at radius 2 is 2.04 bits per heavy atom. The van der Waals surface area contributed by atoms with Gasteiger partial charge in [0.15, 0.2) is 6.61 Å². The second-order valence-corrected chi connectivity index (χ2v) is 5.24. The van der Waals surface area contributed by atoms with Gasteiger partial charge in [0.1, 0.15) is 17.2 Å². The van der Waals surface area contributed by atoms with E-state index in [1.54, 1.807) is 43.3 Å². The third-order valence-corrected chi connectivity index (χ3v) is 3.45. The lowest BCUT2D eigenvalue weighted by Crippen LogP contribution is -2.25. The summed E-state index contributed by atoms with van der Waals surface area (Å²) in [6, 6.07) is 11.7. The number of benzene rings is 2. The van der Waals surface area contributed by atoms with E-state index in [0.29, 0.717) is 27.8 Å². The van der Waals surface area contributed by atoms with Crippen LogP contribution in [0.1, 0.15) is 12.5 Å². The Morgan fingerprint density at radius 1 is 1.29 bits per heavy atom. The van der Waals surface area contributed by atoms with Crippen molar-refractivity contribution >= 4 is 23.2 Å². The maximum absolute atomic E-state index is 11.8. The molecule has 0 unspecified atom stereocenters. The molecule has 0 spiro atoms. The first-order valence-corrected chi connectivity index (χ1v) is 7.47. The summed E-state index contributed by atoms with van der Waals surface area (Å²) in [4.78, 5) is 11.8. The molecule has 2 N–H and O–H groups in total. The van der Waals surface area contributed by atoms with Crippen molar-refractivity contribution in [2.45, 2.75) is 6.92 Å². The number of hydrogen-bond donors (Lipinski definition) is 2. The Morgan fingerprint density at radius 3 is 2.71 bits per heavy atom. The molecule has 0 aromatic heterocycles. The smallest absolute Gasteiger partial charge is 0.277 e. The van der Waals surface area contributed by atoms with Crippen molar-refractivity contribution in [1.82, 2.24) is 5.43 Å². The molecule has 0 saturated carbocycles. The lowest BCUT2D eigenvalue weighted by molar-refractivity contribution is -0.123. The minimum atomic E-state index is -0.442. The van der Waals surface area contributed by atoms with Gasteiger partial charge in [-0.2, -0.15) is 5.10 Å². The Bertz CT molecular complexity index is 762. The standard InChI is InChI=1S/C17H17ClN2O4/c1-11(13-8-7-12(23-2)9-15(13)21)19-20-17(22)10-24-16-6-4-3-5-14(16)18/h3-9,21H,10H2,1-2H3,(H,20,22)/b19-11+. The number of carbonyl (C=O) groups is 1. The summed E-state index contributed by atoms with van der Waals surface area (Å²) in [5, 5.41) is 14.3. The van der Waals surface area contributed by atoms with E-state index in [4.69, 9.17) is 21.1 Å². The van der Waals surface area contributed by atoms with Crippen LogP contribution < -0.4 is 14.9 Å². The second kappa shape index (κ2) is 8.21. The molecule has 7 heteroatoms. The van der Waals surface area contributed by atoms with Crippen molar-refractivity contribution in [3.8, 4) is 17.2 Å². The highest BCUT2D eigenvalue weighted by Crippen LogP contribution is 2.24. The SMILES string of the molecule is COc1ccc(/C(C)=N/NC(=O)COc2ccccc2Cl)c(O)c1. The van der Waals surface area contributed by atoms with E-state index >= 15 is 0 Å². The highest BCUT2D eigenvalue weighted by Gasteiger charge is 2.08. The molecule has 2 rings (SSSR count). The van der Waals surface area contributed by atoms with Crippen LogP contribution in [-0.2, 0) is 4.79 Å². The van der Waals surface area contributed by atoms with Gasteiger partial charge in [0, 0.05) is 11.6 Å². The number of phenols is 1. The van der Waals surface area contributed by atoms with E-state index < -0.39 is 5.91 Å². The number of halogens is 1. The van der Waals surface area contributed by atoms with Gasteiger partial charge in [0.2, 0.25) is 0 Å². The first-order chi connectivity index (χ1) is 11.5. The molecule has 1 amide bonds. The molecule has 0 saturated heterocycles. The van der Waals surface area contributed by atoms with Gasteiger partial charge in [-0.15, -0.1) is 0 Å². The van der Waals surface area contributed by atoms with Crippen LogP contribution in [0.2, 0.25) is 5.02 Å². The van der Waals surface area contributed by atoms with Crippen LogP contribution in [0.3, 0.4) is 0 Å². The third-order valence-electron chi connectivity index (χ3n) is 3.14. The normalized spacial score (nSPS) is 11.0. The van der Waals surface area contributed by atoms with Gasteiger partial charge in [0.25, 0.3) is 5.91 Å². The van der Waals surface area contributed by atoms with Crippen molar-refractivity contribution in [2.24, 2.45) is 5.10 Å². The summed E-state index contributed by atoms with van der Waals surface area (Å²) in [5.74, 6) is 0.517. The van der Waals surface area contributed by atoms with Crippen LogP contribution in [0, 0.1) is 0 Å². The van der Waals surface area contributed by atoms with Gasteiger partial charge in [-0.3, -0.25) is 4.79 Å². The van der Waals surface area contributed by atoms with Crippen molar-refractivity contribution in [3.05, 3.63) is 53.1 Å². The van der Waals surface area contributed by atoms with Gasteiger partial charge in [-0.1, -0.05) is 23.7 Å². The molecular formula is C17H17ClN2O4. The monoisotopic (exact) mass is 348 g/mol. The van der Waals surface area contributed by atoms with Crippen molar-refractivity contribution < 1.29 is 19.4 Å². The zero-order chi connectivity index (χ0) is 17.5. The van der Waals surface area contributed by atoms with Crippen LogP contribution in [0.25, 0.3) is 0 Å². The molecule has 0 radical (unpaired) electrons. The number of phenolic OH excluding ortho intramolecular Hbond substituents is 1. The van der Waals surface area contributed by atoms with Gasteiger partial charge >= 0.3 is 0 Å². The molecule has 126 valence electrons. The zero-order valence-electron chi connectivity index (χ0n) is 13.2. The number of hydrogen-bond acceptors (Lipinski definition) is 5. The van der Waals surface area contributed by atoms with Crippen molar-refractivity contribution in [1.29, 1.82) is 0 Å². The number of hydrazone groups is 1. The molecule has 0 aliphatic rings. The number of amides is 1. The minimum absolute atomic E-state index is 0.0113. The topological polar surface area (TPSA) is 80.2 Å². The fraction of sp³-hybridized carbons (Fsp3) is 0.176. The Labute approximate surface area is 144 Å². The number of aromatic hydroxyl groups is 1. The number of carbonyl (C=O) groups excluding carboxylic acids is 1. The van der Waals surface area contributed by atoms with Crippen LogP contribution in [-0.4, -0.2) is 30.4 Å². The average molecular weight is 349 g/mol. The summed E-state index contributed by atoms with van der Waals surface area (Å²) in [6.45, 7) is 1.44. The summed E-state index contributed by atoms with van der Waals surface area (Å²) in [5.41, 5.74) is 3.30. The van der Waals surface area contributed by atoms with Gasteiger partial charge in [-0.05, 0) is 31.2 Å². The minimum Gasteiger partial charge on any atom is -0.507 e. The van der Waals surface area contributed by atoms with Gasteiger partial charge in [0.05, 0.1) is 17.8 Å². The molecule has 2 aromatic carbocycles. The van der Waals surface area contributed by atoms with Crippen LogP contribution in [0.5, 0.6) is 17.2 Å². The van der Waals surface area contributed by atoms with Crippen LogP contribution in [0.15, 0.2) is 47.6 Å². The summed E-state index contributed by atoms with van der Waals surface area (Å²) in [7, 11) is 1.51. The fourth-order valence-electron chi connectivity index (χ4n) is 1.89. The number of ether oxygens (including phenoxy) is 2. The summed E-state index contributed by atoms with van der Waals surface area (Å²) >= 11 is 5.94. The molecular weight excluding hydrogens is 332 g/mol. The molecule has 0 bridgehead atoms. The Kier molecular flexibility index (Phi) is 6.03. The van der Waals surface area contributed by atoms with E-state index in [0.717, 1.165) is 0 Å². The highest BCUT2D eigenvalue weighted by atomic mass is 35.5. The van der Waals surface area contributed by atoms with Gasteiger partial charge in [-0.25, -0.2) is 5.43 Å². The fourth-order valence-corrected chi connectivity index (χ4v) is 2.08. The number of methoxy groups -OCH3 is 1. The first-order valence-electron chi connectivity index (χ1n) is 7.09. The van der Waals surface area contributed by atoms with Crippen LogP contribution in [0.4, 0.5) is 0 Å². The van der Waals surface area contributed by atoms with Crippen LogP contribution >= 0.6 is 11.6 Å². The number of nitrogens with zero attached hydrogens (tertiary/aromatic N) is 1. The average Bonchev–Trinajstić information content (AvgIpc) is 2.58. The van der Waals surface area contributed by atoms with E-state index in [-0.39, 0.29) is 12.4 Å². The Hall–Kier alpha value is -2.73. The lowest BCUT2D eigenvalue weighted by atomic mass is 10.1. The molecule has 0 fully saturated rings. The summed E-state index contributed by atoms with van der Waals surface area (Å²) in [6.07, 6.45) is 0. The van der Waals surface area contributed by atoms with Gasteiger partial charge < -0.3 is 14.6 Å². The van der Waals surface area contributed by atoms with E-state index in [9.17, 15) is 9.90 Å². The quantitative estimate of drug-likeness (QED) is 0.621. The number of nitrogens with one attached hydrogen (secondary N) is 1. The third kappa shape index (κ3) is 4.63. The van der Waals surface area contributed by atoms with Crippen molar-refractivity contribution in [2.75, 3.05) is 13.7 Å². The number of para-hydroxylation sites is 1. The largest absolute Gasteiger partial charge is 0.507 e. The maximum atomic E-state index is 11.8. The van der Waals surface area contributed by atoms with E-state index in [1.807, 2.05) is 0 Å². The molecule has 0 atom stereocenters. The Balaban J connectivity index is 1.94. The molecule has 0 aliphatic heterocycles. The molecule has 6 nitrogen and oxygen atoms in total. The van der Waals surface area contributed by atoms with E-state index in [1.165, 1.54) is 13.2 Å². The number of rotatable bonds is 6. The highest BCUT2D eigenvalue weighted by molar-refractivity contribution is 6.32. The lowest BCUT2D eigenvalue weighted by Gasteiger charge is -2.08. The molecule has 0 heterocycles. The predicted octanol–water partition coefficient (Wildman–Crippen LogP) is 2.97. The molecule has 2 aromatic rings. The molecule has 0 aliphatic carbocycles. The van der Waals surface area contributed by atoms with Crippen molar-refractivity contribution in [3.63, 3.8) is 0 Å². The molecule has 24 heavy (non-hydrogen) atoms. The maximum Gasteiger partial charge on any atom is 0.277 e. The second-order valence-electron chi connectivity index (χ2n) is 4.83. The summed E-state index contributed by atoms with van der Waals surface area (Å²) < 4.78 is 10.3. The predicted molar refractivity (Wildman–Crippen MR) is 92.0 cm³/mol.